The van der Waals surface area contributed by atoms with Crippen molar-refractivity contribution in [1.82, 2.24) is 9.97 Å². The van der Waals surface area contributed by atoms with Crippen LogP contribution in [0.15, 0.2) is 12.4 Å². The molecule has 1 aliphatic rings. The van der Waals surface area contributed by atoms with Gasteiger partial charge >= 0.3 is 6.03 Å². The number of hydrogen-bond donors (Lipinski definition) is 3. The summed E-state index contributed by atoms with van der Waals surface area (Å²) in [4.78, 5) is 20.7. The SMILES string of the molecule is N=S1(=O)CCN(c2ncc(NC(N)=O)cn2)CC1. The lowest BCUT2D eigenvalue weighted by Crippen LogP contribution is -2.40. The molecule has 2 heterocycles. The summed E-state index contributed by atoms with van der Waals surface area (Å²) in [7, 11) is -2.42. The van der Waals surface area contributed by atoms with Crippen molar-refractivity contribution in [3.05, 3.63) is 12.4 Å². The second-order valence-corrected chi connectivity index (χ2v) is 6.41. The maximum Gasteiger partial charge on any atom is 0.316 e. The zero-order chi connectivity index (χ0) is 13.2. The fourth-order valence-corrected chi connectivity index (χ4v) is 2.86. The van der Waals surface area contributed by atoms with Crippen LogP contribution in [-0.2, 0) is 9.73 Å². The van der Waals surface area contributed by atoms with Gasteiger partial charge in [-0.25, -0.2) is 19.0 Å². The lowest BCUT2D eigenvalue weighted by Gasteiger charge is -2.27. The number of carbonyl (C=O) groups is 1. The molecular formula is C9H14N6O2S. The Labute approximate surface area is 105 Å². The molecule has 9 heteroatoms. The molecule has 98 valence electrons. The Hall–Kier alpha value is -1.90. The highest BCUT2D eigenvalue weighted by Crippen LogP contribution is 2.13. The van der Waals surface area contributed by atoms with E-state index in [-0.39, 0.29) is 0 Å². The van der Waals surface area contributed by atoms with Gasteiger partial charge in [0.2, 0.25) is 5.95 Å². The van der Waals surface area contributed by atoms with Gasteiger partial charge in [-0.15, -0.1) is 0 Å². The Morgan fingerprint density at radius 1 is 1.39 bits per heavy atom. The first-order chi connectivity index (χ1) is 8.46. The monoisotopic (exact) mass is 270 g/mol. The topological polar surface area (TPSA) is 125 Å². The number of aromatic nitrogens is 2. The number of rotatable bonds is 2. The molecule has 0 bridgehead atoms. The van der Waals surface area contributed by atoms with Crippen LogP contribution in [0.4, 0.5) is 16.4 Å². The van der Waals surface area contributed by atoms with Crippen molar-refractivity contribution in [2.75, 3.05) is 34.8 Å². The molecule has 0 aliphatic carbocycles. The molecule has 2 amide bonds. The first-order valence-electron chi connectivity index (χ1n) is 5.34. The molecule has 8 nitrogen and oxygen atoms in total. The lowest BCUT2D eigenvalue weighted by molar-refractivity contribution is 0.259. The van der Waals surface area contributed by atoms with E-state index in [1.165, 1.54) is 12.4 Å². The average Bonchev–Trinajstić information content (AvgIpc) is 2.30. The predicted octanol–water partition coefficient (Wildman–Crippen LogP) is -0.166. The quantitative estimate of drug-likeness (QED) is 0.688. The zero-order valence-corrected chi connectivity index (χ0v) is 10.4. The molecule has 18 heavy (non-hydrogen) atoms. The number of nitrogens with zero attached hydrogens (tertiary/aromatic N) is 3. The fourth-order valence-electron chi connectivity index (χ4n) is 1.62. The summed E-state index contributed by atoms with van der Waals surface area (Å²) in [5.74, 6) is 1.16. The summed E-state index contributed by atoms with van der Waals surface area (Å²) in [6.07, 6.45) is 2.92. The van der Waals surface area contributed by atoms with Crippen molar-refractivity contribution in [2.24, 2.45) is 5.73 Å². The molecule has 0 aromatic carbocycles. The second-order valence-electron chi connectivity index (χ2n) is 3.97. The number of carbonyl (C=O) groups excluding carboxylic acids is 1. The molecule has 0 spiro atoms. The van der Waals surface area contributed by atoms with E-state index in [1.54, 1.807) is 0 Å². The fraction of sp³-hybridized carbons (Fsp3) is 0.444. The van der Waals surface area contributed by atoms with Gasteiger partial charge in [0.25, 0.3) is 0 Å². The minimum absolute atomic E-state index is 0.331. The van der Waals surface area contributed by atoms with Gasteiger partial charge in [-0.1, -0.05) is 0 Å². The van der Waals surface area contributed by atoms with Crippen molar-refractivity contribution < 1.29 is 9.00 Å². The summed E-state index contributed by atoms with van der Waals surface area (Å²) in [6, 6.07) is -0.668. The minimum Gasteiger partial charge on any atom is -0.351 e. The molecule has 1 fully saturated rings. The Kier molecular flexibility index (Phi) is 3.32. The zero-order valence-electron chi connectivity index (χ0n) is 9.63. The minimum atomic E-state index is -2.42. The number of primary amides is 1. The number of nitrogens with two attached hydrogens (primary N) is 1. The molecule has 4 N–H and O–H groups in total. The molecule has 0 atom stereocenters. The maximum atomic E-state index is 11.5. The van der Waals surface area contributed by atoms with Crippen LogP contribution < -0.4 is 16.0 Å². The molecule has 1 aromatic heterocycles. The molecule has 0 radical (unpaired) electrons. The Bertz CT molecular complexity index is 527. The van der Waals surface area contributed by atoms with Crippen LogP contribution in [-0.4, -0.2) is 44.8 Å². The van der Waals surface area contributed by atoms with Crippen molar-refractivity contribution in [1.29, 1.82) is 4.78 Å². The van der Waals surface area contributed by atoms with Crippen LogP contribution in [0.25, 0.3) is 0 Å². The molecule has 1 aromatic rings. The van der Waals surface area contributed by atoms with E-state index in [9.17, 15) is 9.00 Å². The van der Waals surface area contributed by atoms with Gasteiger partial charge < -0.3 is 16.0 Å². The summed E-state index contributed by atoms with van der Waals surface area (Å²) < 4.78 is 19.0. The molecule has 2 rings (SSSR count). The van der Waals surface area contributed by atoms with Gasteiger partial charge in [0.1, 0.15) is 0 Å². The highest BCUT2D eigenvalue weighted by Gasteiger charge is 2.20. The molecule has 0 unspecified atom stereocenters. The van der Waals surface area contributed by atoms with Crippen LogP contribution in [0.2, 0.25) is 0 Å². The summed E-state index contributed by atoms with van der Waals surface area (Å²) in [5, 5.41) is 2.37. The standard InChI is InChI=1S/C9H14N6O2S/c10-8(16)14-7-5-12-9(13-6-7)15-1-3-18(11,17)4-2-15/h5-6,11H,1-4H2,(H3,10,14,16). The van der Waals surface area contributed by atoms with E-state index in [0.29, 0.717) is 36.2 Å². The first-order valence-corrected chi connectivity index (χ1v) is 7.23. The third-order valence-corrected chi connectivity index (χ3v) is 4.25. The Morgan fingerprint density at radius 3 is 2.44 bits per heavy atom. The number of nitrogens with one attached hydrogen (secondary N) is 2. The van der Waals surface area contributed by atoms with Crippen molar-refractivity contribution in [3.8, 4) is 0 Å². The van der Waals surface area contributed by atoms with E-state index in [4.69, 9.17) is 10.5 Å². The summed E-state index contributed by atoms with van der Waals surface area (Å²) in [5.41, 5.74) is 5.39. The molecule has 1 saturated heterocycles. The third kappa shape index (κ3) is 3.06. The molecular weight excluding hydrogens is 256 g/mol. The first kappa shape index (κ1) is 12.6. The highest BCUT2D eigenvalue weighted by atomic mass is 32.2. The molecule has 1 aliphatic heterocycles. The summed E-state index contributed by atoms with van der Waals surface area (Å²) in [6.45, 7) is 1.01. The number of anilines is 2. The van der Waals surface area contributed by atoms with Crippen LogP contribution in [0.3, 0.4) is 0 Å². The van der Waals surface area contributed by atoms with Crippen LogP contribution in [0.5, 0.6) is 0 Å². The maximum absolute atomic E-state index is 11.5. The predicted molar refractivity (Wildman–Crippen MR) is 68.0 cm³/mol. The Morgan fingerprint density at radius 2 is 1.94 bits per heavy atom. The van der Waals surface area contributed by atoms with E-state index >= 15 is 0 Å². The van der Waals surface area contributed by atoms with Crippen molar-refractivity contribution >= 4 is 27.4 Å². The smallest absolute Gasteiger partial charge is 0.316 e. The second kappa shape index (κ2) is 4.77. The van der Waals surface area contributed by atoms with E-state index < -0.39 is 15.8 Å². The van der Waals surface area contributed by atoms with Crippen LogP contribution in [0.1, 0.15) is 0 Å². The molecule has 0 saturated carbocycles. The van der Waals surface area contributed by atoms with Gasteiger partial charge in [-0.3, -0.25) is 4.78 Å². The van der Waals surface area contributed by atoms with Gasteiger partial charge in [-0.05, 0) is 0 Å². The van der Waals surface area contributed by atoms with Crippen LogP contribution >= 0.6 is 0 Å². The van der Waals surface area contributed by atoms with Crippen molar-refractivity contribution in [3.63, 3.8) is 0 Å². The summed E-state index contributed by atoms with van der Waals surface area (Å²) >= 11 is 0. The van der Waals surface area contributed by atoms with Crippen molar-refractivity contribution in [2.45, 2.75) is 0 Å². The van der Waals surface area contributed by atoms with E-state index in [1.807, 2.05) is 4.90 Å². The number of urea groups is 1. The lowest BCUT2D eigenvalue weighted by atomic mass is 10.5. The number of amides is 2. The van der Waals surface area contributed by atoms with Gasteiger partial charge in [0.05, 0.1) is 18.1 Å². The third-order valence-electron chi connectivity index (χ3n) is 2.57. The van der Waals surface area contributed by atoms with Gasteiger partial charge in [0.15, 0.2) is 0 Å². The van der Waals surface area contributed by atoms with E-state index in [0.717, 1.165) is 0 Å². The van der Waals surface area contributed by atoms with E-state index in [2.05, 4.69) is 15.3 Å². The van der Waals surface area contributed by atoms with Gasteiger partial charge in [-0.2, -0.15) is 0 Å². The van der Waals surface area contributed by atoms with Crippen LogP contribution in [0, 0.1) is 4.78 Å². The number of hydrogen-bond acceptors (Lipinski definition) is 6. The largest absolute Gasteiger partial charge is 0.351 e. The normalized spacial score (nSPS) is 18.3. The van der Waals surface area contributed by atoms with Gasteiger partial charge in [0, 0.05) is 34.3 Å². The highest BCUT2D eigenvalue weighted by molar-refractivity contribution is 7.92. The average molecular weight is 270 g/mol. The Balaban J connectivity index is 2.04.